The predicted octanol–water partition coefficient (Wildman–Crippen LogP) is 2.19. The second kappa shape index (κ2) is 6.25. The van der Waals surface area contributed by atoms with Crippen LogP contribution < -0.4 is 5.32 Å². The molecule has 2 heterocycles. The summed E-state index contributed by atoms with van der Waals surface area (Å²) >= 11 is 1.25. The van der Waals surface area contributed by atoms with Gasteiger partial charge in [-0.05, 0) is 12.8 Å². The number of likely N-dealkylation sites (tertiary alicyclic amines) is 1. The Morgan fingerprint density at radius 2 is 2.24 bits per heavy atom. The van der Waals surface area contributed by atoms with Crippen LogP contribution in [0.2, 0.25) is 0 Å². The summed E-state index contributed by atoms with van der Waals surface area (Å²) in [7, 11) is 0. The summed E-state index contributed by atoms with van der Waals surface area (Å²) < 4.78 is 36.4. The molecule has 0 aliphatic carbocycles. The summed E-state index contributed by atoms with van der Waals surface area (Å²) in [6, 6.07) is -0.591. The van der Waals surface area contributed by atoms with Crippen molar-refractivity contribution in [1.29, 1.82) is 0 Å². The molecule has 21 heavy (non-hydrogen) atoms. The van der Waals surface area contributed by atoms with Gasteiger partial charge in [0.15, 0.2) is 5.13 Å². The van der Waals surface area contributed by atoms with Gasteiger partial charge >= 0.3 is 6.18 Å². The van der Waals surface area contributed by atoms with E-state index in [0.717, 1.165) is 6.20 Å². The van der Waals surface area contributed by atoms with Crippen molar-refractivity contribution in [3.05, 3.63) is 23.9 Å². The standard InChI is InChI=1S/C12H12F3N3O2S/c13-12(14,15)9(19)3-6-18-5-1-2-8(18)10(20)17-11-16-4-7-21-11/h3-4,6-8H,1-2,5H2,(H,16,17,20)/b6-3-/t8-/m0/s1. The van der Waals surface area contributed by atoms with E-state index >= 15 is 0 Å². The Labute approximate surface area is 122 Å². The smallest absolute Gasteiger partial charge is 0.365 e. The lowest BCUT2D eigenvalue weighted by Gasteiger charge is -2.21. The van der Waals surface area contributed by atoms with Gasteiger partial charge in [-0.2, -0.15) is 13.2 Å². The maximum Gasteiger partial charge on any atom is 0.454 e. The van der Waals surface area contributed by atoms with Crippen molar-refractivity contribution in [3.63, 3.8) is 0 Å². The number of halogens is 3. The Morgan fingerprint density at radius 1 is 1.48 bits per heavy atom. The Balaban J connectivity index is 1.98. The van der Waals surface area contributed by atoms with Crippen LogP contribution in [0.15, 0.2) is 23.9 Å². The van der Waals surface area contributed by atoms with Crippen LogP contribution in [0, 0.1) is 0 Å². The van der Waals surface area contributed by atoms with Gasteiger partial charge in [0.25, 0.3) is 5.78 Å². The molecule has 1 aliphatic heterocycles. The summed E-state index contributed by atoms with van der Waals surface area (Å²) in [6.07, 6.45) is -0.685. The number of hydrogen-bond donors (Lipinski definition) is 1. The highest BCUT2D eigenvalue weighted by molar-refractivity contribution is 7.13. The third-order valence-electron chi connectivity index (χ3n) is 2.96. The molecule has 0 radical (unpaired) electrons. The molecule has 1 saturated heterocycles. The molecule has 1 aromatic rings. The van der Waals surface area contributed by atoms with Gasteiger partial charge in [-0.25, -0.2) is 4.98 Å². The maximum atomic E-state index is 12.1. The molecular formula is C12H12F3N3O2S. The van der Waals surface area contributed by atoms with Crippen molar-refractivity contribution < 1.29 is 22.8 Å². The third kappa shape index (κ3) is 4.03. The fourth-order valence-corrected chi connectivity index (χ4v) is 2.51. The van der Waals surface area contributed by atoms with Gasteiger partial charge in [0.1, 0.15) is 6.04 Å². The molecule has 2 rings (SSSR count). The first kappa shape index (κ1) is 15.5. The molecule has 1 fully saturated rings. The quantitative estimate of drug-likeness (QED) is 0.864. The third-order valence-corrected chi connectivity index (χ3v) is 3.64. The zero-order valence-corrected chi connectivity index (χ0v) is 11.6. The predicted molar refractivity (Wildman–Crippen MR) is 70.7 cm³/mol. The molecule has 1 aromatic heterocycles. The molecule has 0 bridgehead atoms. The van der Waals surface area contributed by atoms with Crippen molar-refractivity contribution in [1.82, 2.24) is 9.88 Å². The average molecular weight is 319 g/mol. The highest BCUT2D eigenvalue weighted by atomic mass is 32.1. The first-order valence-corrected chi connectivity index (χ1v) is 7.01. The van der Waals surface area contributed by atoms with E-state index in [1.54, 1.807) is 5.38 Å². The molecule has 9 heteroatoms. The van der Waals surface area contributed by atoms with Crippen LogP contribution in [0.25, 0.3) is 0 Å². The number of aromatic nitrogens is 1. The van der Waals surface area contributed by atoms with Gasteiger partial charge in [0.2, 0.25) is 5.91 Å². The van der Waals surface area contributed by atoms with Crippen LogP contribution in [0.3, 0.4) is 0 Å². The van der Waals surface area contributed by atoms with Crippen LogP contribution in [0.5, 0.6) is 0 Å². The summed E-state index contributed by atoms with van der Waals surface area (Å²) in [6.45, 7) is 0.428. The molecule has 114 valence electrons. The molecule has 0 aromatic carbocycles. The van der Waals surface area contributed by atoms with E-state index in [1.807, 2.05) is 0 Å². The number of allylic oxidation sites excluding steroid dienone is 1. The average Bonchev–Trinajstić information content (AvgIpc) is 3.04. The number of anilines is 1. The Bertz CT molecular complexity index is 542. The molecule has 1 aliphatic rings. The minimum Gasteiger partial charge on any atom is -0.365 e. The van der Waals surface area contributed by atoms with Crippen LogP contribution in [0.1, 0.15) is 12.8 Å². The number of ketones is 1. The van der Waals surface area contributed by atoms with Crippen molar-refractivity contribution in [2.75, 3.05) is 11.9 Å². The first-order valence-electron chi connectivity index (χ1n) is 6.13. The number of nitrogens with zero attached hydrogens (tertiary/aromatic N) is 2. The largest absolute Gasteiger partial charge is 0.454 e. The topological polar surface area (TPSA) is 62.3 Å². The molecule has 1 atom stereocenters. The zero-order chi connectivity index (χ0) is 15.5. The summed E-state index contributed by atoms with van der Waals surface area (Å²) in [5.41, 5.74) is 0. The number of alkyl halides is 3. The molecule has 1 amide bonds. The normalized spacial score (nSPS) is 19.2. The fraction of sp³-hybridized carbons (Fsp3) is 0.417. The lowest BCUT2D eigenvalue weighted by Crippen LogP contribution is -2.36. The molecule has 0 unspecified atom stereocenters. The molecule has 1 N–H and O–H groups in total. The number of hydrogen-bond acceptors (Lipinski definition) is 5. The second-order valence-electron chi connectivity index (χ2n) is 4.40. The van der Waals surface area contributed by atoms with E-state index in [0.29, 0.717) is 30.6 Å². The number of nitrogens with one attached hydrogen (secondary N) is 1. The van der Waals surface area contributed by atoms with Gasteiger partial charge in [0, 0.05) is 30.4 Å². The van der Waals surface area contributed by atoms with Crippen LogP contribution in [-0.2, 0) is 9.59 Å². The molecule has 0 spiro atoms. The number of thiazole rings is 1. The van der Waals surface area contributed by atoms with Gasteiger partial charge in [0.05, 0.1) is 0 Å². The highest BCUT2D eigenvalue weighted by Crippen LogP contribution is 2.21. The van der Waals surface area contributed by atoms with Crippen LogP contribution in [-0.4, -0.2) is 40.3 Å². The zero-order valence-electron chi connectivity index (χ0n) is 10.8. The second-order valence-corrected chi connectivity index (χ2v) is 5.29. The fourth-order valence-electron chi connectivity index (χ4n) is 1.98. The monoisotopic (exact) mass is 319 g/mol. The maximum absolute atomic E-state index is 12.1. The van der Waals surface area contributed by atoms with Gasteiger partial charge in [-0.15, -0.1) is 11.3 Å². The van der Waals surface area contributed by atoms with Crippen molar-refractivity contribution >= 4 is 28.2 Å². The summed E-state index contributed by atoms with van der Waals surface area (Å²) in [4.78, 5) is 28.2. The van der Waals surface area contributed by atoms with Crippen molar-refractivity contribution in [2.24, 2.45) is 0 Å². The van der Waals surface area contributed by atoms with Crippen LogP contribution >= 0.6 is 11.3 Å². The number of carbonyl (C=O) groups excluding carboxylic acids is 2. The molecule has 5 nitrogen and oxygen atoms in total. The lowest BCUT2D eigenvalue weighted by molar-refractivity contribution is -0.165. The highest BCUT2D eigenvalue weighted by Gasteiger charge is 2.37. The number of rotatable bonds is 4. The van der Waals surface area contributed by atoms with E-state index in [9.17, 15) is 22.8 Å². The van der Waals surface area contributed by atoms with Crippen molar-refractivity contribution in [2.45, 2.75) is 25.1 Å². The first-order chi connectivity index (χ1) is 9.88. The van der Waals surface area contributed by atoms with Gasteiger partial charge in [-0.3, -0.25) is 9.59 Å². The minimum atomic E-state index is -4.89. The summed E-state index contributed by atoms with van der Waals surface area (Å²) in [5, 5.41) is 4.73. The number of carbonyl (C=O) groups is 2. The van der Waals surface area contributed by atoms with Crippen LogP contribution in [0.4, 0.5) is 18.3 Å². The van der Waals surface area contributed by atoms with E-state index in [-0.39, 0.29) is 5.91 Å². The SMILES string of the molecule is O=C(Nc1nccs1)[C@@H]1CCCN1/C=C\C(=O)C(F)(F)F. The Morgan fingerprint density at radius 3 is 2.86 bits per heavy atom. The molecule has 0 saturated carbocycles. The van der Waals surface area contributed by atoms with E-state index in [2.05, 4.69) is 10.3 Å². The van der Waals surface area contributed by atoms with Crippen molar-refractivity contribution in [3.8, 4) is 0 Å². The van der Waals surface area contributed by atoms with Gasteiger partial charge < -0.3 is 10.2 Å². The Hall–Kier alpha value is -1.90. The Kier molecular flexibility index (Phi) is 4.61. The van der Waals surface area contributed by atoms with E-state index in [4.69, 9.17) is 0 Å². The minimum absolute atomic E-state index is 0.341. The number of amides is 1. The van der Waals surface area contributed by atoms with E-state index < -0.39 is 18.0 Å². The lowest BCUT2D eigenvalue weighted by atomic mass is 10.2. The van der Waals surface area contributed by atoms with Gasteiger partial charge in [-0.1, -0.05) is 0 Å². The van der Waals surface area contributed by atoms with E-state index in [1.165, 1.54) is 22.4 Å². The summed E-state index contributed by atoms with van der Waals surface area (Å²) in [5.74, 6) is -2.28. The molecular weight excluding hydrogens is 307 g/mol.